The van der Waals surface area contributed by atoms with E-state index in [4.69, 9.17) is 9.47 Å². The maximum atomic E-state index is 10.9. The van der Waals surface area contributed by atoms with Crippen LogP contribution in [-0.4, -0.2) is 22.9 Å². The molecule has 3 rings (SSSR count). The molecule has 0 fully saturated rings. The summed E-state index contributed by atoms with van der Waals surface area (Å²) in [4.78, 5) is 10.9. The van der Waals surface area contributed by atoms with Gasteiger partial charge in [0, 0.05) is 18.7 Å². The Bertz CT molecular complexity index is 643. The molecule has 0 bridgehead atoms. The number of hydrogen-bond donors (Lipinski definition) is 2. The highest BCUT2D eigenvalue weighted by atomic mass is 16.7. The van der Waals surface area contributed by atoms with Gasteiger partial charge in [0.25, 0.3) is 0 Å². The average molecular weight is 272 g/mol. The van der Waals surface area contributed by atoms with Crippen molar-refractivity contribution in [1.29, 1.82) is 0 Å². The molecular formula is C13H12N4O3. The molecule has 0 radical (unpaired) electrons. The number of fused-ring (bicyclic) bond motifs is 1. The minimum absolute atomic E-state index is 0.184. The van der Waals surface area contributed by atoms with Gasteiger partial charge < -0.3 is 20.1 Å². The Morgan fingerprint density at radius 2 is 1.85 bits per heavy atom. The van der Waals surface area contributed by atoms with E-state index in [1.807, 2.05) is 18.2 Å². The number of anilines is 3. The molecule has 0 spiro atoms. The Morgan fingerprint density at radius 1 is 1.10 bits per heavy atom. The summed E-state index contributed by atoms with van der Waals surface area (Å²) in [5.41, 5.74) is 0.816. The molecule has 2 aromatic rings. The van der Waals surface area contributed by atoms with E-state index in [1.54, 1.807) is 12.1 Å². The van der Waals surface area contributed by atoms with Crippen LogP contribution in [0.5, 0.6) is 11.5 Å². The van der Waals surface area contributed by atoms with Gasteiger partial charge in [0.2, 0.25) is 12.7 Å². The van der Waals surface area contributed by atoms with E-state index in [9.17, 15) is 4.79 Å². The first-order valence-corrected chi connectivity index (χ1v) is 5.99. The number of amides is 1. The normalized spacial score (nSPS) is 12.1. The average Bonchev–Trinajstić information content (AvgIpc) is 2.88. The second-order valence-corrected chi connectivity index (χ2v) is 4.18. The molecular weight excluding hydrogens is 260 g/mol. The van der Waals surface area contributed by atoms with Gasteiger partial charge >= 0.3 is 0 Å². The van der Waals surface area contributed by atoms with Gasteiger partial charge in [-0.2, -0.15) is 0 Å². The molecule has 0 aliphatic carbocycles. The molecule has 2 N–H and O–H groups in total. The standard InChI is InChI=1S/C13H12N4O3/c1-8(18)14-12-4-5-13(17-16-12)15-9-2-3-10-11(6-9)20-7-19-10/h2-6H,7H2,1H3,(H,15,17)(H,14,16,18). The number of rotatable bonds is 3. The molecule has 1 aromatic carbocycles. The van der Waals surface area contributed by atoms with Crippen molar-refractivity contribution in [2.24, 2.45) is 0 Å². The summed E-state index contributed by atoms with van der Waals surface area (Å²) in [7, 11) is 0. The van der Waals surface area contributed by atoms with Crippen molar-refractivity contribution in [2.75, 3.05) is 17.4 Å². The van der Waals surface area contributed by atoms with Crippen molar-refractivity contribution in [1.82, 2.24) is 10.2 Å². The lowest BCUT2D eigenvalue weighted by Gasteiger charge is -2.06. The van der Waals surface area contributed by atoms with E-state index >= 15 is 0 Å². The number of benzene rings is 1. The van der Waals surface area contributed by atoms with Gasteiger partial charge in [-0.1, -0.05) is 0 Å². The summed E-state index contributed by atoms with van der Waals surface area (Å²) in [6.45, 7) is 1.66. The topological polar surface area (TPSA) is 85.4 Å². The molecule has 102 valence electrons. The zero-order chi connectivity index (χ0) is 13.9. The molecule has 1 aromatic heterocycles. The number of nitrogens with one attached hydrogen (secondary N) is 2. The Balaban J connectivity index is 1.72. The van der Waals surface area contributed by atoms with E-state index in [2.05, 4.69) is 20.8 Å². The molecule has 1 aliphatic rings. The molecule has 20 heavy (non-hydrogen) atoms. The van der Waals surface area contributed by atoms with Crippen molar-refractivity contribution in [2.45, 2.75) is 6.92 Å². The number of aromatic nitrogens is 2. The minimum Gasteiger partial charge on any atom is -0.454 e. The number of nitrogens with zero attached hydrogens (tertiary/aromatic N) is 2. The van der Waals surface area contributed by atoms with Crippen molar-refractivity contribution in [3.63, 3.8) is 0 Å². The summed E-state index contributed by atoms with van der Waals surface area (Å²) >= 11 is 0. The van der Waals surface area contributed by atoms with Crippen LogP contribution >= 0.6 is 0 Å². The quantitative estimate of drug-likeness (QED) is 0.887. The van der Waals surface area contributed by atoms with E-state index in [1.165, 1.54) is 6.92 Å². The van der Waals surface area contributed by atoms with Crippen LogP contribution in [0.15, 0.2) is 30.3 Å². The molecule has 1 amide bonds. The van der Waals surface area contributed by atoms with E-state index in [0.717, 1.165) is 11.4 Å². The molecule has 0 saturated carbocycles. The second kappa shape index (κ2) is 5.04. The number of carbonyl (C=O) groups excluding carboxylic acids is 1. The van der Waals surface area contributed by atoms with Crippen LogP contribution in [0.1, 0.15) is 6.92 Å². The lowest BCUT2D eigenvalue weighted by Crippen LogP contribution is -2.08. The van der Waals surface area contributed by atoms with Crippen LogP contribution in [0.3, 0.4) is 0 Å². The zero-order valence-corrected chi connectivity index (χ0v) is 10.7. The molecule has 0 unspecified atom stereocenters. The molecule has 1 aliphatic heterocycles. The van der Waals surface area contributed by atoms with Gasteiger partial charge in [-0.15, -0.1) is 10.2 Å². The SMILES string of the molecule is CC(=O)Nc1ccc(Nc2ccc3c(c2)OCO3)nn1. The van der Waals surface area contributed by atoms with Crippen LogP contribution < -0.4 is 20.1 Å². The first-order valence-electron chi connectivity index (χ1n) is 5.99. The van der Waals surface area contributed by atoms with Crippen molar-refractivity contribution in [3.05, 3.63) is 30.3 Å². The van der Waals surface area contributed by atoms with Gasteiger partial charge in [0.15, 0.2) is 23.1 Å². The third-order valence-corrected chi connectivity index (χ3v) is 2.61. The molecule has 0 saturated heterocycles. The lowest BCUT2D eigenvalue weighted by atomic mass is 10.3. The largest absolute Gasteiger partial charge is 0.454 e. The fourth-order valence-corrected chi connectivity index (χ4v) is 1.77. The van der Waals surface area contributed by atoms with Crippen molar-refractivity contribution < 1.29 is 14.3 Å². The minimum atomic E-state index is -0.184. The Hall–Kier alpha value is -2.83. The maximum absolute atomic E-state index is 10.9. The predicted octanol–water partition coefficient (Wildman–Crippen LogP) is 1.91. The highest BCUT2D eigenvalue weighted by Crippen LogP contribution is 2.34. The van der Waals surface area contributed by atoms with E-state index in [0.29, 0.717) is 17.4 Å². The fourth-order valence-electron chi connectivity index (χ4n) is 1.77. The van der Waals surface area contributed by atoms with Crippen molar-refractivity contribution >= 4 is 23.2 Å². The highest BCUT2D eigenvalue weighted by Gasteiger charge is 2.13. The number of ether oxygens (including phenoxy) is 2. The Morgan fingerprint density at radius 3 is 2.60 bits per heavy atom. The monoisotopic (exact) mass is 272 g/mol. The van der Waals surface area contributed by atoms with Crippen LogP contribution in [0.25, 0.3) is 0 Å². The van der Waals surface area contributed by atoms with Crippen LogP contribution in [0.2, 0.25) is 0 Å². The summed E-state index contributed by atoms with van der Waals surface area (Å²) in [5, 5.41) is 13.5. The third-order valence-electron chi connectivity index (χ3n) is 2.61. The van der Waals surface area contributed by atoms with Crippen LogP contribution in [0, 0.1) is 0 Å². The fraction of sp³-hybridized carbons (Fsp3) is 0.154. The summed E-state index contributed by atoms with van der Waals surface area (Å²) in [6, 6.07) is 8.90. The van der Waals surface area contributed by atoms with Gasteiger partial charge in [-0.3, -0.25) is 4.79 Å². The predicted molar refractivity (Wildman–Crippen MR) is 72.2 cm³/mol. The Labute approximate surface area is 114 Å². The second-order valence-electron chi connectivity index (χ2n) is 4.18. The van der Waals surface area contributed by atoms with E-state index in [-0.39, 0.29) is 12.7 Å². The molecule has 7 nitrogen and oxygen atoms in total. The Kier molecular flexibility index (Phi) is 3.08. The summed E-state index contributed by atoms with van der Waals surface area (Å²) < 4.78 is 10.5. The first kappa shape index (κ1) is 12.2. The molecule has 2 heterocycles. The van der Waals surface area contributed by atoms with Crippen molar-refractivity contribution in [3.8, 4) is 11.5 Å². The number of hydrogen-bond acceptors (Lipinski definition) is 6. The van der Waals surface area contributed by atoms with E-state index < -0.39 is 0 Å². The number of carbonyl (C=O) groups is 1. The van der Waals surface area contributed by atoms with Crippen LogP contribution in [-0.2, 0) is 4.79 Å². The van der Waals surface area contributed by atoms with Crippen LogP contribution in [0.4, 0.5) is 17.3 Å². The maximum Gasteiger partial charge on any atom is 0.231 e. The smallest absolute Gasteiger partial charge is 0.231 e. The molecule has 7 heteroatoms. The van der Waals surface area contributed by atoms with Gasteiger partial charge in [0.05, 0.1) is 0 Å². The molecule has 0 atom stereocenters. The van der Waals surface area contributed by atoms with Gasteiger partial charge in [-0.05, 0) is 24.3 Å². The third kappa shape index (κ3) is 2.61. The van der Waals surface area contributed by atoms with Gasteiger partial charge in [-0.25, -0.2) is 0 Å². The lowest BCUT2D eigenvalue weighted by molar-refractivity contribution is -0.114. The summed E-state index contributed by atoms with van der Waals surface area (Å²) in [5.74, 6) is 2.21. The van der Waals surface area contributed by atoms with Gasteiger partial charge in [0.1, 0.15) is 0 Å². The zero-order valence-electron chi connectivity index (χ0n) is 10.7. The highest BCUT2D eigenvalue weighted by molar-refractivity contribution is 5.87. The summed E-state index contributed by atoms with van der Waals surface area (Å²) in [6.07, 6.45) is 0. The first-order chi connectivity index (χ1) is 9.70.